The third-order valence-corrected chi connectivity index (χ3v) is 3.57. The molecular weight excluding hydrogens is 252 g/mol. The molecule has 1 fully saturated rings. The normalized spacial score (nSPS) is 17.4. The third-order valence-electron chi connectivity index (χ3n) is 3.57. The highest BCUT2D eigenvalue weighted by Gasteiger charge is 2.32. The summed E-state index contributed by atoms with van der Waals surface area (Å²) in [5, 5.41) is 6.68. The molecule has 1 aliphatic rings. The largest absolute Gasteiger partial charge is 0.382 e. The summed E-state index contributed by atoms with van der Waals surface area (Å²) in [5.74, 6) is 1.77. The lowest BCUT2D eigenvalue weighted by molar-refractivity contribution is 0.145. The number of rotatable bonds is 10. The fourth-order valence-electron chi connectivity index (χ4n) is 2.27. The fraction of sp³-hybridized carbons (Fsp3) is 0.933. The zero-order valence-corrected chi connectivity index (χ0v) is 13.6. The number of hydrogen-bond donors (Lipinski definition) is 2. The molecule has 0 aliphatic heterocycles. The standard InChI is InChI=1S/C15H32N4O/c1-5-16-15(17-10-7-11-20-6-2)18-12-14(19(3)4)13-8-9-13/h13-14H,5-12H2,1-4H3,(H2,16,17,18). The maximum Gasteiger partial charge on any atom is 0.191 e. The molecular formula is C15H32N4O. The van der Waals surface area contributed by atoms with Crippen LogP contribution in [0.5, 0.6) is 0 Å². The van der Waals surface area contributed by atoms with Gasteiger partial charge in [0.15, 0.2) is 5.96 Å². The van der Waals surface area contributed by atoms with Crippen LogP contribution in [-0.2, 0) is 4.74 Å². The Hall–Kier alpha value is -0.810. The molecule has 5 nitrogen and oxygen atoms in total. The monoisotopic (exact) mass is 284 g/mol. The average Bonchev–Trinajstić information content (AvgIpc) is 3.22. The molecule has 0 aromatic carbocycles. The Balaban J connectivity index is 2.32. The summed E-state index contributed by atoms with van der Waals surface area (Å²) in [6.45, 7) is 8.40. The van der Waals surface area contributed by atoms with Gasteiger partial charge >= 0.3 is 0 Å². The van der Waals surface area contributed by atoms with Crippen molar-refractivity contribution >= 4 is 5.96 Å². The first-order valence-electron chi connectivity index (χ1n) is 7.95. The summed E-state index contributed by atoms with van der Waals surface area (Å²) < 4.78 is 5.34. The molecule has 118 valence electrons. The van der Waals surface area contributed by atoms with E-state index in [2.05, 4.69) is 36.6 Å². The second-order valence-electron chi connectivity index (χ2n) is 5.57. The number of ether oxygens (including phenoxy) is 1. The van der Waals surface area contributed by atoms with E-state index in [1.807, 2.05) is 6.92 Å². The predicted octanol–water partition coefficient (Wildman–Crippen LogP) is 1.31. The highest BCUT2D eigenvalue weighted by Crippen LogP contribution is 2.34. The van der Waals surface area contributed by atoms with Gasteiger partial charge in [-0.2, -0.15) is 0 Å². The first-order chi connectivity index (χ1) is 9.69. The highest BCUT2D eigenvalue weighted by atomic mass is 16.5. The quantitative estimate of drug-likeness (QED) is 0.361. The van der Waals surface area contributed by atoms with Crippen molar-refractivity contribution in [1.29, 1.82) is 0 Å². The lowest BCUT2D eigenvalue weighted by atomic mass is 10.2. The van der Waals surface area contributed by atoms with Gasteiger partial charge in [-0.25, -0.2) is 0 Å². The van der Waals surface area contributed by atoms with Crippen LogP contribution in [0.1, 0.15) is 33.1 Å². The minimum absolute atomic E-state index is 0.578. The maximum atomic E-state index is 5.34. The maximum absolute atomic E-state index is 5.34. The van der Waals surface area contributed by atoms with E-state index < -0.39 is 0 Å². The van der Waals surface area contributed by atoms with Crippen LogP contribution in [0.2, 0.25) is 0 Å². The minimum Gasteiger partial charge on any atom is -0.382 e. The molecule has 0 aromatic heterocycles. The molecule has 0 amide bonds. The Bertz CT molecular complexity index is 275. The Kier molecular flexibility index (Phi) is 8.62. The van der Waals surface area contributed by atoms with Crippen molar-refractivity contribution in [3.8, 4) is 0 Å². The Morgan fingerprint density at radius 3 is 2.60 bits per heavy atom. The molecule has 0 radical (unpaired) electrons. The minimum atomic E-state index is 0.578. The van der Waals surface area contributed by atoms with Gasteiger partial charge in [-0.15, -0.1) is 0 Å². The molecule has 0 bridgehead atoms. The van der Waals surface area contributed by atoms with Crippen LogP contribution in [0.15, 0.2) is 4.99 Å². The first-order valence-corrected chi connectivity index (χ1v) is 7.95. The van der Waals surface area contributed by atoms with E-state index >= 15 is 0 Å². The number of likely N-dealkylation sites (N-methyl/N-ethyl adjacent to an activating group) is 1. The molecule has 0 saturated heterocycles. The van der Waals surface area contributed by atoms with Crippen molar-refractivity contribution in [1.82, 2.24) is 15.5 Å². The lowest BCUT2D eigenvalue weighted by Crippen LogP contribution is -2.40. The van der Waals surface area contributed by atoms with E-state index in [4.69, 9.17) is 9.73 Å². The smallest absolute Gasteiger partial charge is 0.191 e. The van der Waals surface area contributed by atoms with Crippen LogP contribution in [0.25, 0.3) is 0 Å². The zero-order valence-electron chi connectivity index (χ0n) is 13.6. The van der Waals surface area contributed by atoms with Crippen molar-refractivity contribution in [3.05, 3.63) is 0 Å². The second-order valence-corrected chi connectivity index (χ2v) is 5.57. The van der Waals surface area contributed by atoms with Gasteiger partial charge in [0.25, 0.3) is 0 Å². The molecule has 1 saturated carbocycles. The first kappa shape index (κ1) is 17.2. The Morgan fingerprint density at radius 2 is 2.05 bits per heavy atom. The van der Waals surface area contributed by atoms with E-state index in [0.29, 0.717) is 6.04 Å². The molecule has 1 rings (SSSR count). The molecule has 5 heteroatoms. The van der Waals surface area contributed by atoms with Gasteiger partial charge in [0.05, 0.1) is 6.54 Å². The molecule has 20 heavy (non-hydrogen) atoms. The van der Waals surface area contributed by atoms with Crippen LogP contribution in [0, 0.1) is 5.92 Å². The third kappa shape index (κ3) is 7.10. The van der Waals surface area contributed by atoms with E-state index in [9.17, 15) is 0 Å². The summed E-state index contributed by atoms with van der Waals surface area (Å²) >= 11 is 0. The van der Waals surface area contributed by atoms with Gasteiger partial charge in [0, 0.05) is 32.3 Å². The second kappa shape index (κ2) is 10.00. The number of nitrogens with one attached hydrogen (secondary N) is 2. The number of nitrogens with zero attached hydrogens (tertiary/aromatic N) is 2. The summed E-state index contributed by atoms with van der Waals surface area (Å²) in [6.07, 6.45) is 3.73. The predicted molar refractivity (Wildman–Crippen MR) is 85.3 cm³/mol. The molecule has 1 aliphatic carbocycles. The van der Waals surface area contributed by atoms with E-state index in [0.717, 1.165) is 51.1 Å². The zero-order chi connectivity index (χ0) is 14.8. The topological polar surface area (TPSA) is 48.9 Å². The molecule has 1 unspecified atom stereocenters. The molecule has 1 atom stereocenters. The Labute approximate surface area is 124 Å². The summed E-state index contributed by atoms with van der Waals surface area (Å²) in [6, 6.07) is 0.578. The average molecular weight is 284 g/mol. The van der Waals surface area contributed by atoms with Crippen LogP contribution in [0.4, 0.5) is 0 Å². The number of hydrogen-bond acceptors (Lipinski definition) is 3. The van der Waals surface area contributed by atoms with Gasteiger partial charge < -0.3 is 20.3 Å². The van der Waals surface area contributed by atoms with Crippen molar-refractivity contribution in [2.45, 2.75) is 39.2 Å². The van der Waals surface area contributed by atoms with E-state index in [-0.39, 0.29) is 0 Å². The van der Waals surface area contributed by atoms with Gasteiger partial charge in [-0.05, 0) is 53.1 Å². The number of aliphatic imine (C=N–C) groups is 1. The van der Waals surface area contributed by atoms with Crippen LogP contribution < -0.4 is 10.6 Å². The van der Waals surface area contributed by atoms with Gasteiger partial charge in [0.1, 0.15) is 0 Å². The molecule has 0 heterocycles. The number of guanidine groups is 1. The molecule has 0 aromatic rings. The summed E-state index contributed by atoms with van der Waals surface area (Å²) in [7, 11) is 4.31. The lowest BCUT2D eigenvalue weighted by Gasteiger charge is -2.22. The van der Waals surface area contributed by atoms with Crippen molar-refractivity contribution in [2.75, 3.05) is 46.9 Å². The Morgan fingerprint density at radius 1 is 1.30 bits per heavy atom. The molecule has 0 spiro atoms. The van der Waals surface area contributed by atoms with Gasteiger partial charge in [-0.3, -0.25) is 4.99 Å². The summed E-state index contributed by atoms with van der Waals surface area (Å²) in [5.41, 5.74) is 0. The van der Waals surface area contributed by atoms with Crippen LogP contribution in [-0.4, -0.2) is 63.8 Å². The summed E-state index contributed by atoms with van der Waals surface area (Å²) in [4.78, 5) is 7.03. The van der Waals surface area contributed by atoms with E-state index in [1.165, 1.54) is 12.8 Å². The molecule has 2 N–H and O–H groups in total. The van der Waals surface area contributed by atoms with Crippen molar-refractivity contribution in [3.63, 3.8) is 0 Å². The van der Waals surface area contributed by atoms with Gasteiger partial charge in [-0.1, -0.05) is 0 Å². The van der Waals surface area contributed by atoms with Gasteiger partial charge in [0.2, 0.25) is 0 Å². The van der Waals surface area contributed by atoms with Crippen LogP contribution in [0.3, 0.4) is 0 Å². The van der Waals surface area contributed by atoms with Crippen molar-refractivity contribution in [2.24, 2.45) is 10.9 Å². The van der Waals surface area contributed by atoms with E-state index in [1.54, 1.807) is 0 Å². The van der Waals surface area contributed by atoms with Crippen LogP contribution >= 0.6 is 0 Å². The highest BCUT2D eigenvalue weighted by molar-refractivity contribution is 5.79. The fourth-order valence-corrected chi connectivity index (χ4v) is 2.27. The van der Waals surface area contributed by atoms with Crippen molar-refractivity contribution < 1.29 is 4.74 Å². The SMILES string of the molecule is CCNC(=NCC(C1CC1)N(C)C)NCCCOCC.